The maximum absolute atomic E-state index is 11.3. The van der Waals surface area contributed by atoms with Gasteiger partial charge in [-0.15, -0.1) is 0 Å². The third kappa shape index (κ3) is 5.07. The molecule has 1 aliphatic heterocycles. The number of rotatable bonds is 6. The van der Waals surface area contributed by atoms with Crippen LogP contribution in [0.2, 0.25) is 0 Å². The topological polar surface area (TPSA) is 147 Å². The molecular weight excluding hydrogens is 398 g/mol. The Hall–Kier alpha value is -3.57. The summed E-state index contributed by atoms with van der Waals surface area (Å²) in [6, 6.07) is 9.64. The second-order valence-corrected chi connectivity index (χ2v) is 7.01. The Labute approximate surface area is 170 Å². The van der Waals surface area contributed by atoms with Gasteiger partial charge in [-0.2, -0.15) is 0 Å². The maximum atomic E-state index is 11.3. The highest BCUT2D eigenvalue weighted by atomic mass is 16.7. The van der Waals surface area contributed by atoms with Crippen LogP contribution >= 0.6 is 0 Å². The molecule has 2 aromatic carbocycles. The minimum Gasteiger partial charge on any atom is -0.508 e. The summed E-state index contributed by atoms with van der Waals surface area (Å²) >= 11 is 0. The van der Waals surface area contributed by atoms with Gasteiger partial charge in [0.05, 0.1) is 22.5 Å². The van der Waals surface area contributed by atoms with Crippen LogP contribution in [-0.2, 0) is 15.9 Å². The van der Waals surface area contributed by atoms with Crippen molar-refractivity contribution in [1.29, 1.82) is 0 Å². The molecule has 1 atom stereocenters. The van der Waals surface area contributed by atoms with Crippen LogP contribution in [0.15, 0.2) is 47.6 Å². The van der Waals surface area contributed by atoms with Crippen LogP contribution in [0.3, 0.4) is 0 Å². The van der Waals surface area contributed by atoms with Gasteiger partial charge in [0.15, 0.2) is 5.79 Å². The molecule has 1 unspecified atom stereocenters. The van der Waals surface area contributed by atoms with E-state index in [0.717, 1.165) is 23.8 Å². The molecule has 0 saturated carbocycles. The summed E-state index contributed by atoms with van der Waals surface area (Å²) in [5.74, 6) is -1.03. The normalized spacial score (nSPS) is 19.4. The largest absolute Gasteiger partial charge is 0.508 e. The lowest BCUT2D eigenvalue weighted by Crippen LogP contribution is -2.47. The third-order valence-electron chi connectivity index (χ3n) is 4.31. The number of phenolic OH excluding ortho intramolecular Hbond substituents is 1. The van der Waals surface area contributed by atoms with E-state index in [1.54, 1.807) is 32.0 Å². The molecule has 0 radical (unpaired) electrons. The molecule has 1 aliphatic rings. The Morgan fingerprint density at radius 1 is 1.20 bits per heavy atom. The lowest BCUT2D eigenvalue weighted by Gasteiger charge is -2.36. The van der Waals surface area contributed by atoms with E-state index >= 15 is 0 Å². The number of hydrogen-bond acceptors (Lipinski definition) is 9. The first-order valence-corrected chi connectivity index (χ1v) is 8.91. The van der Waals surface area contributed by atoms with Crippen molar-refractivity contribution in [3.63, 3.8) is 0 Å². The van der Waals surface area contributed by atoms with E-state index in [0.29, 0.717) is 12.1 Å². The Morgan fingerprint density at radius 2 is 1.97 bits per heavy atom. The summed E-state index contributed by atoms with van der Waals surface area (Å²) < 4.78 is 11.5. The van der Waals surface area contributed by atoms with Crippen molar-refractivity contribution < 1.29 is 29.3 Å². The number of benzene rings is 2. The Balaban J connectivity index is 1.86. The molecule has 0 bridgehead atoms. The van der Waals surface area contributed by atoms with Gasteiger partial charge in [0.25, 0.3) is 5.69 Å². The molecule has 0 amide bonds. The van der Waals surface area contributed by atoms with Crippen molar-refractivity contribution in [2.45, 2.75) is 32.2 Å². The van der Waals surface area contributed by atoms with Crippen molar-refractivity contribution in [3.05, 3.63) is 68.3 Å². The van der Waals surface area contributed by atoms with Gasteiger partial charge in [-0.3, -0.25) is 20.2 Å². The first-order chi connectivity index (χ1) is 14.1. The van der Waals surface area contributed by atoms with Gasteiger partial charge in [0.2, 0.25) is 5.75 Å². The number of hydrogen-bond donors (Lipinski definition) is 1. The van der Waals surface area contributed by atoms with Crippen LogP contribution in [0.1, 0.15) is 19.4 Å². The first kappa shape index (κ1) is 21.1. The van der Waals surface area contributed by atoms with Gasteiger partial charge < -0.3 is 19.4 Å². The van der Waals surface area contributed by atoms with Crippen LogP contribution in [0.4, 0.5) is 11.4 Å². The summed E-state index contributed by atoms with van der Waals surface area (Å²) in [4.78, 5) is 25.8. The van der Waals surface area contributed by atoms with Gasteiger partial charge in [0, 0.05) is 12.5 Å². The molecule has 30 heavy (non-hydrogen) atoms. The van der Waals surface area contributed by atoms with Gasteiger partial charge in [-0.1, -0.05) is 17.3 Å². The molecule has 0 spiro atoms. The molecule has 1 fully saturated rings. The molecule has 1 heterocycles. The molecule has 11 heteroatoms. The van der Waals surface area contributed by atoms with Crippen LogP contribution in [-0.4, -0.2) is 39.2 Å². The molecule has 1 saturated heterocycles. The minimum atomic E-state index is -0.889. The molecule has 1 N–H and O–H groups in total. The number of aromatic hydroxyl groups is 1. The van der Waals surface area contributed by atoms with Crippen molar-refractivity contribution in [2.24, 2.45) is 5.16 Å². The summed E-state index contributed by atoms with van der Waals surface area (Å²) in [5.41, 5.74) is 0.0997. The molecule has 11 nitrogen and oxygen atoms in total. The predicted octanol–water partition coefficient (Wildman–Crippen LogP) is 3.34. The summed E-state index contributed by atoms with van der Waals surface area (Å²) in [7, 11) is 0. The Kier molecular flexibility index (Phi) is 5.94. The number of non-ortho nitro benzene ring substituents is 1. The zero-order valence-corrected chi connectivity index (χ0v) is 16.2. The zero-order chi connectivity index (χ0) is 21.9. The number of nitro benzene ring substituents is 2. The fourth-order valence-electron chi connectivity index (χ4n) is 2.87. The van der Waals surface area contributed by atoms with Gasteiger partial charge in [-0.05, 0) is 37.6 Å². The quantitative estimate of drug-likeness (QED) is 0.556. The number of phenols is 1. The molecule has 2 aromatic rings. The van der Waals surface area contributed by atoms with Gasteiger partial charge in [-0.25, -0.2) is 0 Å². The van der Waals surface area contributed by atoms with Crippen molar-refractivity contribution in [3.8, 4) is 11.5 Å². The van der Waals surface area contributed by atoms with E-state index < -0.39 is 33.1 Å². The highest BCUT2D eigenvalue weighted by Crippen LogP contribution is 2.32. The first-order valence-electron chi connectivity index (χ1n) is 8.91. The third-order valence-corrected chi connectivity index (χ3v) is 4.31. The highest BCUT2D eigenvalue weighted by Gasteiger charge is 2.35. The van der Waals surface area contributed by atoms with Crippen LogP contribution in [0, 0.1) is 20.2 Å². The number of oxime groups is 1. The van der Waals surface area contributed by atoms with Crippen molar-refractivity contribution in [1.82, 2.24) is 0 Å². The lowest BCUT2D eigenvalue weighted by molar-refractivity contribution is -0.394. The molecule has 0 aliphatic carbocycles. The molecule has 0 aromatic heterocycles. The maximum Gasteiger partial charge on any atom is 0.321 e. The van der Waals surface area contributed by atoms with Gasteiger partial charge >= 0.3 is 5.69 Å². The standard InChI is InChI=1S/C19H19N3O8/c1-19(2)28-11-15(18(29-19)9-12-4-3-5-14(23)8-12)20-30-17-7-6-13(21(24)25)10-16(17)22(26)27/h3-8,10,18,23H,9,11H2,1-2H3/b20-15+. The van der Waals surface area contributed by atoms with E-state index in [2.05, 4.69) is 5.16 Å². The van der Waals surface area contributed by atoms with E-state index in [9.17, 15) is 25.3 Å². The van der Waals surface area contributed by atoms with E-state index in [1.807, 2.05) is 6.07 Å². The Morgan fingerprint density at radius 3 is 2.63 bits per heavy atom. The molecular formula is C19H19N3O8. The number of nitro groups is 2. The highest BCUT2D eigenvalue weighted by molar-refractivity contribution is 5.90. The van der Waals surface area contributed by atoms with Crippen LogP contribution in [0.5, 0.6) is 11.5 Å². The lowest BCUT2D eigenvalue weighted by atomic mass is 10.0. The Bertz CT molecular complexity index is 1010. The molecule has 158 valence electrons. The average molecular weight is 417 g/mol. The van der Waals surface area contributed by atoms with Crippen LogP contribution in [0.25, 0.3) is 0 Å². The second-order valence-electron chi connectivity index (χ2n) is 7.01. The monoisotopic (exact) mass is 417 g/mol. The summed E-state index contributed by atoms with van der Waals surface area (Å²) in [6.45, 7) is 3.53. The minimum absolute atomic E-state index is 0.0528. The smallest absolute Gasteiger partial charge is 0.321 e. The molecule has 3 rings (SSSR count). The predicted molar refractivity (Wildman–Crippen MR) is 105 cm³/mol. The van der Waals surface area contributed by atoms with Crippen LogP contribution < -0.4 is 4.84 Å². The number of ether oxygens (including phenoxy) is 2. The van der Waals surface area contributed by atoms with E-state index in [1.165, 1.54) is 0 Å². The fraction of sp³-hybridized carbons (Fsp3) is 0.316. The van der Waals surface area contributed by atoms with Crippen molar-refractivity contribution >= 4 is 17.1 Å². The zero-order valence-electron chi connectivity index (χ0n) is 16.2. The number of nitrogens with zero attached hydrogens (tertiary/aromatic N) is 3. The summed E-state index contributed by atoms with van der Waals surface area (Å²) in [6.07, 6.45) is -0.223. The van der Waals surface area contributed by atoms with E-state index in [-0.39, 0.29) is 18.1 Å². The second kappa shape index (κ2) is 8.43. The van der Waals surface area contributed by atoms with E-state index in [4.69, 9.17) is 14.3 Å². The van der Waals surface area contributed by atoms with Crippen molar-refractivity contribution in [2.75, 3.05) is 6.61 Å². The van der Waals surface area contributed by atoms with Gasteiger partial charge in [0.1, 0.15) is 17.6 Å². The summed E-state index contributed by atoms with van der Waals surface area (Å²) in [5, 5.41) is 35.8. The SMILES string of the molecule is CC1(C)OC/C(=N\Oc2ccc([N+](=O)[O-])cc2[N+](=O)[O-])C(Cc2cccc(O)c2)O1. The fourth-order valence-corrected chi connectivity index (χ4v) is 2.87. The average Bonchev–Trinajstić information content (AvgIpc) is 2.66.